The number of aromatic nitrogens is 2. The largest absolute Gasteiger partial charge is 0.493 e. The number of hydrogen-bond donors (Lipinski definition) is 0. The molecule has 1 aromatic carbocycles. The van der Waals surface area contributed by atoms with Gasteiger partial charge in [-0.1, -0.05) is 70.9 Å². The molecule has 2 aromatic rings. The summed E-state index contributed by atoms with van der Waals surface area (Å²) in [7, 11) is 0. The highest BCUT2D eigenvalue weighted by Gasteiger charge is 2.24. The van der Waals surface area contributed by atoms with Crippen LogP contribution in [0.3, 0.4) is 0 Å². The Balaban J connectivity index is 1.31. The zero-order valence-corrected chi connectivity index (χ0v) is 21.2. The van der Waals surface area contributed by atoms with Gasteiger partial charge < -0.3 is 4.74 Å². The number of nitrogens with zero attached hydrogens (tertiary/aromatic N) is 2. The highest BCUT2D eigenvalue weighted by atomic mass is 16.5. The minimum atomic E-state index is 0.521. The summed E-state index contributed by atoms with van der Waals surface area (Å²) >= 11 is 0. The maximum atomic E-state index is 6.14. The second kappa shape index (κ2) is 15.1. The molecule has 0 atom stereocenters. The van der Waals surface area contributed by atoms with Gasteiger partial charge in [0.2, 0.25) is 0 Å². The zero-order valence-electron chi connectivity index (χ0n) is 21.2. The molecule has 0 amide bonds. The predicted molar refractivity (Wildman–Crippen MR) is 139 cm³/mol. The van der Waals surface area contributed by atoms with Crippen LogP contribution >= 0.6 is 0 Å². The Morgan fingerprint density at radius 2 is 1.27 bits per heavy atom. The summed E-state index contributed by atoms with van der Waals surface area (Å²) in [6.07, 6.45) is 23.1. The molecule has 3 nitrogen and oxygen atoms in total. The number of aryl methyl sites for hydroxylation is 2. The van der Waals surface area contributed by atoms with Crippen molar-refractivity contribution in [2.75, 3.05) is 6.61 Å². The van der Waals surface area contributed by atoms with Crippen molar-refractivity contribution in [2.24, 2.45) is 5.92 Å². The third-order valence-electron chi connectivity index (χ3n) is 7.23. The second-order valence-electron chi connectivity index (χ2n) is 10.1. The summed E-state index contributed by atoms with van der Waals surface area (Å²) in [5.74, 6) is 3.24. The molecule has 1 aliphatic carbocycles. The van der Waals surface area contributed by atoms with Gasteiger partial charge in [-0.2, -0.15) is 0 Å². The standard InChI is InChI=1S/C30H46N2O/c1-3-5-7-8-9-11-12-25-16-20-29(21-17-25)33-24-26-14-18-28(19-15-26)30-31-22-27(23-32-30)13-10-6-4-2/h16-17,20-23,26,28H,3-15,18-19,24H2,1-2H3/t26-,28-. The smallest absolute Gasteiger partial charge is 0.131 e. The summed E-state index contributed by atoms with van der Waals surface area (Å²) in [5, 5.41) is 0. The van der Waals surface area contributed by atoms with E-state index in [1.54, 1.807) is 0 Å². The summed E-state index contributed by atoms with van der Waals surface area (Å²) in [5.41, 5.74) is 2.72. The van der Waals surface area contributed by atoms with Crippen LogP contribution < -0.4 is 4.74 Å². The lowest BCUT2D eigenvalue weighted by molar-refractivity contribution is 0.198. The monoisotopic (exact) mass is 450 g/mol. The van der Waals surface area contributed by atoms with E-state index in [9.17, 15) is 0 Å². The molecule has 33 heavy (non-hydrogen) atoms. The Morgan fingerprint density at radius 3 is 1.97 bits per heavy atom. The predicted octanol–water partition coefficient (Wildman–Crippen LogP) is 8.47. The molecular formula is C30H46N2O. The summed E-state index contributed by atoms with van der Waals surface area (Å²) in [4.78, 5) is 9.41. The average Bonchev–Trinajstić information content (AvgIpc) is 2.86. The van der Waals surface area contributed by atoms with Gasteiger partial charge in [0.1, 0.15) is 11.6 Å². The summed E-state index contributed by atoms with van der Waals surface area (Å²) in [6.45, 7) is 5.35. The van der Waals surface area contributed by atoms with Crippen molar-refractivity contribution >= 4 is 0 Å². The molecule has 0 saturated heterocycles. The molecule has 1 heterocycles. The van der Waals surface area contributed by atoms with Gasteiger partial charge in [-0.25, -0.2) is 9.97 Å². The van der Waals surface area contributed by atoms with Crippen LogP contribution in [0, 0.1) is 5.92 Å². The summed E-state index contributed by atoms with van der Waals surface area (Å²) in [6, 6.07) is 8.82. The lowest BCUT2D eigenvalue weighted by atomic mass is 9.82. The minimum Gasteiger partial charge on any atom is -0.493 e. The van der Waals surface area contributed by atoms with Crippen LogP contribution in [0.2, 0.25) is 0 Å². The molecule has 0 bridgehead atoms. The molecule has 1 saturated carbocycles. The molecule has 1 aliphatic rings. The van der Waals surface area contributed by atoms with Crippen molar-refractivity contribution in [3.63, 3.8) is 0 Å². The maximum absolute atomic E-state index is 6.14. The molecule has 1 aromatic heterocycles. The number of hydrogen-bond acceptors (Lipinski definition) is 3. The Bertz CT molecular complexity index is 748. The van der Waals surface area contributed by atoms with Crippen LogP contribution in [0.4, 0.5) is 0 Å². The Morgan fingerprint density at radius 1 is 0.697 bits per heavy atom. The Hall–Kier alpha value is -1.90. The first kappa shape index (κ1) is 25.7. The average molecular weight is 451 g/mol. The first-order valence-electron chi connectivity index (χ1n) is 13.8. The molecule has 0 unspecified atom stereocenters. The van der Waals surface area contributed by atoms with E-state index in [-0.39, 0.29) is 0 Å². The van der Waals surface area contributed by atoms with E-state index in [2.05, 4.69) is 50.5 Å². The topological polar surface area (TPSA) is 35.0 Å². The van der Waals surface area contributed by atoms with Crippen molar-refractivity contribution in [3.05, 3.63) is 53.6 Å². The highest BCUT2D eigenvalue weighted by Crippen LogP contribution is 2.34. The Kier molecular flexibility index (Phi) is 11.8. The fourth-order valence-corrected chi connectivity index (χ4v) is 4.95. The number of unbranched alkanes of at least 4 members (excludes halogenated alkanes) is 7. The van der Waals surface area contributed by atoms with Gasteiger partial charge in [0.15, 0.2) is 0 Å². The van der Waals surface area contributed by atoms with Gasteiger partial charge >= 0.3 is 0 Å². The lowest BCUT2D eigenvalue weighted by Gasteiger charge is -2.27. The fraction of sp³-hybridized carbons (Fsp3) is 0.667. The van der Waals surface area contributed by atoms with Crippen molar-refractivity contribution in [1.29, 1.82) is 0 Å². The Labute approximate surface area is 202 Å². The fourth-order valence-electron chi connectivity index (χ4n) is 4.95. The van der Waals surface area contributed by atoms with E-state index in [4.69, 9.17) is 14.7 Å². The maximum Gasteiger partial charge on any atom is 0.131 e. The van der Waals surface area contributed by atoms with E-state index in [0.29, 0.717) is 11.8 Å². The first-order valence-corrected chi connectivity index (χ1v) is 13.8. The van der Waals surface area contributed by atoms with Crippen molar-refractivity contribution < 1.29 is 4.74 Å². The molecule has 182 valence electrons. The van der Waals surface area contributed by atoms with Crippen LogP contribution in [0.1, 0.15) is 120 Å². The second-order valence-corrected chi connectivity index (χ2v) is 10.1. The van der Waals surface area contributed by atoms with Gasteiger partial charge in [0, 0.05) is 18.3 Å². The number of rotatable bonds is 15. The first-order chi connectivity index (χ1) is 16.3. The quantitative estimate of drug-likeness (QED) is 0.255. The zero-order chi connectivity index (χ0) is 23.1. The van der Waals surface area contributed by atoms with Crippen LogP contribution in [0.5, 0.6) is 5.75 Å². The molecule has 0 aliphatic heterocycles. The lowest BCUT2D eigenvalue weighted by Crippen LogP contribution is -2.20. The van der Waals surface area contributed by atoms with E-state index < -0.39 is 0 Å². The van der Waals surface area contributed by atoms with Crippen LogP contribution in [-0.2, 0) is 12.8 Å². The molecule has 0 radical (unpaired) electrons. The SMILES string of the molecule is CCCCCCCCc1ccc(OC[C@H]2CC[C@H](c3ncc(CCCCC)cn3)CC2)cc1. The third kappa shape index (κ3) is 9.47. The third-order valence-corrected chi connectivity index (χ3v) is 7.23. The molecule has 3 rings (SSSR count). The van der Waals surface area contributed by atoms with Gasteiger partial charge in [0.25, 0.3) is 0 Å². The number of ether oxygens (including phenoxy) is 1. The van der Waals surface area contributed by atoms with Crippen LogP contribution in [0.15, 0.2) is 36.7 Å². The molecule has 1 fully saturated rings. The normalized spacial score (nSPS) is 18.4. The van der Waals surface area contributed by atoms with Crippen molar-refractivity contribution in [3.8, 4) is 5.75 Å². The van der Waals surface area contributed by atoms with E-state index >= 15 is 0 Å². The minimum absolute atomic E-state index is 0.521. The molecular weight excluding hydrogens is 404 g/mol. The van der Waals surface area contributed by atoms with Gasteiger partial charge in [0.05, 0.1) is 6.61 Å². The molecule has 0 N–H and O–H groups in total. The number of benzene rings is 1. The summed E-state index contributed by atoms with van der Waals surface area (Å²) < 4.78 is 6.14. The van der Waals surface area contributed by atoms with Crippen LogP contribution in [-0.4, -0.2) is 16.6 Å². The van der Waals surface area contributed by atoms with Gasteiger partial charge in [-0.05, 0) is 80.5 Å². The van der Waals surface area contributed by atoms with Crippen LogP contribution in [0.25, 0.3) is 0 Å². The van der Waals surface area contributed by atoms with Gasteiger partial charge in [-0.15, -0.1) is 0 Å². The molecule has 3 heteroatoms. The van der Waals surface area contributed by atoms with E-state index in [1.807, 2.05) is 0 Å². The highest BCUT2D eigenvalue weighted by molar-refractivity contribution is 5.27. The van der Waals surface area contributed by atoms with Crippen molar-refractivity contribution in [2.45, 2.75) is 116 Å². The van der Waals surface area contributed by atoms with Crippen molar-refractivity contribution in [1.82, 2.24) is 9.97 Å². The van der Waals surface area contributed by atoms with E-state index in [1.165, 1.54) is 101 Å². The molecule has 0 spiro atoms. The van der Waals surface area contributed by atoms with Gasteiger partial charge in [-0.3, -0.25) is 0 Å². The van der Waals surface area contributed by atoms with E-state index in [0.717, 1.165) is 24.6 Å².